The van der Waals surface area contributed by atoms with Crippen LogP contribution in [-0.4, -0.2) is 40.2 Å². The molecule has 3 rings (SSSR count). The fourth-order valence-electron chi connectivity index (χ4n) is 4.10. The van der Waals surface area contributed by atoms with Crippen LogP contribution in [0.15, 0.2) is 6.20 Å². The molecule has 0 radical (unpaired) electrons. The van der Waals surface area contributed by atoms with Crippen molar-refractivity contribution in [1.29, 1.82) is 0 Å². The summed E-state index contributed by atoms with van der Waals surface area (Å²) < 4.78 is 6.74. The van der Waals surface area contributed by atoms with Gasteiger partial charge in [0.05, 0.1) is 31.2 Å². The van der Waals surface area contributed by atoms with Crippen LogP contribution < -0.4 is 0 Å². The standard InChI is InChI=1S/C17H25N3O3/c1-11-14(10-18-19(11)2)15-8-5-9-20(15)16(21)12-6-4-7-13(12)17(22)23-3/h10,12-13,15H,4-9H2,1-3H3. The van der Waals surface area contributed by atoms with Gasteiger partial charge in [0.25, 0.3) is 0 Å². The van der Waals surface area contributed by atoms with Gasteiger partial charge >= 0.3 is 5.97 Å². The Balaban J connectivity index is 1.81. The molecule has 2 fully saturated rings. The van der Waals surface area contributed by atoms with E-state index in [2.05, 4.69) is 5.10 Å². The molecule has 3 unspecified atom stereocenters. The average Bonchev–Trinajstić information content (AvgIpc) is 3.27. The highest BCUT2D eigenvalue weighted by Crippen LogP contribution is 2.39. The maximum absolute atomic E-state index is 13.1. The van der Waals surface area contributed by atoms with E-state index in [1.807, 2.05) is 29.7 Å². The zero-order valence-corrected chi connectivity index (χ0v) is 14.1. The summed E-state index contributed by atoms with van der Waals surface area (Å²) in [6.45, 7) is 2.80. The lowest BCUT2D eigenvalue weighted by Crippen LogP contribution is -2.39. The number of amides is 1. The summed E-state index contributed by atoms with van der Waals surface area (Å²) in [6, 6.07) is 0.0927. The second kappa shape index (κ2) is 6.34. The van der Waals surface area contributed by atoms with Crippen LogP contribution in [0.1, 0.15) is 49.4 Å². The lowest BCUT2D eigenvalue weighted by Gasteiger charge is -2.29. The fraction of sp³-hybridized carbons (Fsp3) is 0.706. The van der Waals surface area contributed by atoms with Crippen molar-refractivity contribution in [3.05, 3.63) is 17.5 Å². The highest BCUT2D eigenvalue weighted by atomic mass is 16.5. The Hall–Kier alpha value is -1.85. The van der Waals surface area contributed by atoms with E-state index in [0.717, 1.165) is 49.9 Å². The molecule has 1 aromatic heterocycles. The quantitative estimate of drug-likeness (QED) is 0.799. The van der Waals surface area contributed by atoms with Gasteiger partial charge in [0.1, 0.15) is 0 Å². The fourth-order valence-corrected chi connectivity index (χ4v) is 4.10. The summed E-state index contributed by atoms with van der Waals surface area (Å²) in [7, 11) is 3.32. The van der Waals surface area contributed by atoms with Gasteiger partial charge in [0.2, 0.25) is 5.91 Å². The number of hydrogen-bond donors (Lipinski definition) is 0. The molecule has 1 aliphatic heterocycles. The van der Waals surface area contributed by atoms with E-state index in [0.29, 0.717) is 0 Å². The van der Waals surface area contributed by atoms with Gasteiger partial charge in [-0.25, -0.2) is 0 Å². The zero-order valence-electron chi connectivity index (χ0n) is 14.1. The first-order valence-corrected chi connectivity index (χ1v) is 8.41. The smallest absolute Gasteiger partial charge is 0.309 e. The number of aromatic nitrogens is 2. The summed E-state index contributed by atoms with van der Waals surface area (Å²) in [5.41, 5.74) is 2.23. The zero-order chi connectivity index (χ0) is 16.6. The Morgan fingerprint density at radius 2 is 1.96 bits per heavy atom. The molecule has 126 valence electrons. The van der Waals surface area contributed by atoms with Gasteiger partial charge in [-0.1, -0.05) is 6.42 Å². The predicted octanol–water partition coefficient (Wildman–Crippen LogP) is 1.98. The Bertz CT molecular complexity index is 610. The third-order valence-corrected chi connectivity index (χ3v) is 5.51. The first-order chi connectivity index (χ1) is 11.0. The minimum absolute atomic E-state index is 0.0927. The lowest BCUT2D eigenvalue weighted by molar-refractivity contribution is -0.152. The van der Waals surface area contributed by atoms with Crippen molar-refractivity contribution in [3.63, 3.8) is 0 Å². The number of carbonyl (C=O) groups excluding carboxylic acids is 2. The number of hydrogen-bond acceptors (Lipinski definition) is 4. The number of ether oxygens (including phenoxy) is 1. The van der Waals surface area contributed by atoms with Gasteiger partial charge < -0.3 is 9.64 Å². The van der Waals surface area contributed by atoms with Gasteiger partial charge in [-0.05, 0) is 32.6 Å². The molecule has 1 saturated heterocycles. The van der Waals surface area contributed by atoms with E-state index in [1.54, 1.807) is 0 Å². The number of likely N-dealkylation sites (tertiary alicyclic amines) is 1. The largest absolute Gasteiger partial charge is 0.469 e. The molecule has 1 aromatic rings. The monoisotopic (exact) mass is 319 g/mol. The third kappa shape index (κ3) is 2.75. The first-order valence-electron chi connectivity index (χ1n) is 8.41. The van der Waals surface area contributed by atoms with Crippen LogP contribution in [0.2, 0.25) is 0 Å². The molecule has 6 heteroatoms. The van der Waals surface area contributed by atoms with Crippen LogP contribution in [0.4, 0.5) is 0 Å². The SMILES string of the molecule is COC(=O)C1CCCC1C(=O)N1CCCC1c1cnn(C)c1C. The average molecular weight is 319 g/mol. The Kier molecular flexibility index (Phi) is 4.41. The highest BCUT2D eigenvalue weighted by molar-refractivity contribution is 5.86. The van der Waals surface area contributed by atoms with E-state index in [-0.39, 0.29) is 29.8 Å². The van der Waals surface area contributed by atoms with Crippen molar-refractivity contribution in [2.24, 2.45) is 18.9 Å². The molecule has 0 N–H and O–H groups in total. The molecule has 0 bridgehead atoms. The summed E-state index contributed by atoms with van der Waals surface area (Å²) in [6.07, 6.45) is 6.30. The maximum atomic E-state index is 13.1. The van der Waals surface area contributed by atoms with Crippen molar-refractivity contribution in [2.45, 2.75) is 45.1 Å². The Morgan fingerprint density at radius 3 is 2.61 bits per heavy atom. The number of rotatable bonds is 3. The van der Waals surface area contributed by atoms with Crippen molar-refractivity contribution in [1.82, 2.24) is 14.7 Å². The van der Waals surface area contributed by atoms with Gasteiger partial charge in [-0.3, -0.25) is 14.3 Å². The minimum Gasteiger partial charge on any atom is -0.469 e. The number of aryl methyl sites for hydroxylation is 1. The molecule has 2 heterocycles. The van der Waals surface area contributed by atoms with Gasteiger partial charge in [-0.15, -0.1) is 0 Å². The molecule has 3 atom stereocenters. The second-order valence-electron chi connectivity index (χ2n) is 6.67. The topological polar surface area (TPSA) is 64.4 Å². The summed E-state index contributed by atoms with van der Waals surface area (Å²) in [4.78, 5) is 27.0. The summed E-state index contributed by atoms with van der Waals surface area (Å²) in [5.74, 6) is -0.624. The number of esters is 1. The Labute approximate surface area is 136 Å². The molecule has 0 aromatic carbocycles. The van der Waals surface area contributed by atoms with Crippen molar-refractivity contribution >= 4 is 11.9 Å². The van der Waals surface area contributed by atoms with Crippen LogP contribution in [0.3, 0.4) is 0 Å². The van der Waals surface area contributed by atoms with Gasteiger partial charge in [0, 0.05) is 24.8 Å². The maximum Gasteiger partial charge on any atom is 0.309 e. The van der Waals surface area contributed by atoms with Crippen LogP contribution in [0.5, 0.6) is 0 Å². The lowest BCUT2D eigenvalue weighted by atomic mass is 9.94. The number of methoxy groups -OCH3 is 1. The van der Waals surface area contributed by atoms with Crippen LogP contribution in [0, 0.1) is 18.8 Å². The van der Waals surface area contributed by atoms with Crippen LogP contribution in [-0.2, 0) is 21.4 Å². The second-order valence-corrected chi connectivity index (χ2v) is 6.67. The molecule has 1 amide bonds. The molecular weight excluding hydrogens is 294 g/mol. The minimum atomic E-state index is -0.274. The van der Waals surface area contributed by atoms with Crippen molar-refractivity contribution in [3.8, 4) is 0 Å². The first kappa shape index (κ1) is 16.0. The van der Waals surface area contributed by atoms with E-state index < -0.39 is 0 Å². The van der Waals surface area contributed by atoms with E-state index in [9.17, 15) is 9.59 Å². The molecular formula is C17H25N3O3. The van der Waals surface area contributed by atoms with E-state index in [1.165, 1.54) is 7.11 Å². The van der Waals surface area contributed by atoms with Crippen molar-refractivity contribution in [2.75, 3.05) is 13.7 Å². The van der Waals surface area contributed by atoms with Crippen LogP contribution >= 0.6 is 0 Å². The van der Waals surface area contributed by atoms with Gasteiger partial charge in [0.15, 0.2) is 0 Å². The van der Waals surface area contributed by atoms with Crippen LogP contribution in [0.25, 0.3) is 0 Å². The Morgan fingerprint density at radius 1 is 1.22 bits per heavy atom. The molecule has 23 heavy (non-hydrogen) atoms. The molecule has 1 aliphatic carbocycles. The van der Waals surface area contributed by atoms with E-state index in [4.69, 9.17) is 4.74 Å². The van der Waals surface area contributed by atoms with E-state index >= 15 is 0 Å². The molecule has 2 aliphatic rings. The molecule has 0 spiro atoms. The van der Waals surface area contributed by atoms with Gasteiger partial charge in [-0.2, -0.15) is 5.10 Å². The summed E-state index contributed by atoms with van der Waals surface area (Å²) >= 11 is 0. The van der Waals surface area contributed by atoms with Crippen molar-refractivity contribution < 1.29 is 14.3 Å². The number of carbonyl (C=O) groups is 2. The normalized spacial score (nSPS) is 27.4. The highest BCUT2D eigenvalue weighted by Gasteiger charge is 2.43. The summed E-state index contributed by atoms with van der Waals surface area (Å²) in [5, 5.41) is 4.31. The predicted molar refractivity (Wildman–Crippen MR) is 84.5 cm³/mol. The number of nitrogens with zero attached hydrogens (tertiary/aromatic N) is 3. The third-order valence-electron chi connectivity index (χ3n) is 5.51. The molecule has 1 saturated carbocycles. The molecule has 6 nitrogen and oxygen atoms in total.